The zero-order chi connectivity index (χ0) is 9.73. The first-order valence-corrected chi connectivity index (χ1v) is 5.53. The fraction of sp³-hybridized carbons (Fsp3) is 0.600. The monoisotopic (exact) mass is 198 g/mol. The summed E-state index contributed by atoms with van der Waals surface area (Å²) in [5.41, 5.74) is 7.16. The van der Waals surface area contributed by atoms with Gasteiger partial charge in [-0.2, -0.15) is 11.3 Å². The standard InChI is InChI=1S/C10H18N2S/c1-10(2,11)4-5-12-7-9-3-6-13-8-9/h3,6,8,12H,4-5,7,11H2,1-2H3. The van der Waals surface area contributed by atoms with Crippen LogP contribution in [0, 0.1) is 0 Å². The molecule has 13 heavy (non-hydrogen) atoms. The van der Waals surface area contributed by atoms with Crippen molar-refractivity contribution in [2.75, 3.05) is 6.54 Å². The number of thiophene rings is 1. The van der Waals surface area contributed by atoms with Gasteiger partial charge < -0.3 is 11.1 Å². The van der Waals surface area contributed by atoms with Gasteiger partial charge in [0.15, 0.2) is 0 Å². The third-order valence-corrected chi connectivity index (χ3v) is 2.59. The molecule has 0 spiro atoms. The Kier molecular flexibility index (Phi) is 3.90. The van der Waals surface area contributed by atoms with Crippen molar-refractivity contribution < 1.29 is 0 Å². The Balaban J connectivity index is 2.09. The fourth-order valence-corrected chi connectivity index (χ4v) is 1.71. The lowest BCUT2D eigenvalue weighted by molar-refractivity contribution is 0.455. The van der Waals surface area contributed by atoms with E-state index in [0.717, 1.165) is 19.5 Å². The van der Waals surface area contributed by atoms with Gasteiger partial charge in [-0.15, -0.1) is 0 Å². The van der Waals surface area contributed by atoms with Crippen molar-refractivity contribution in [1.82, 2.24) is 5.32 Å². The van der Waals surface area contributed by atoms with E-state index in [4.69, 9.17) is 5.73 Å². The van der Waals surface area contributed by atoms with Crippen LogP contribution in [-0.2, 0) is 6.54 Å². The van der Waals surface area contributed by atoms with Crippen LogP contribution in [0.2, 0.25) is 0 Å². The van der Waals surface area contributed by atoms with E-state index in [0.29, 0.717) is 0 Å². The second-order valence-corrected chi connectivity index (χ2v) is 4.83. The molecule has 0 fully saturated rings. The first-order valence-electron chi connectivity index (χ1n) is 4.58. The van der Waals surface area contributed by atoms with Crippen LogP contribution in [0.5, 0.6) is 0 Å². The maximum absolute atomic E-state index is 5.86. The number of hydrogen-bond acceptors (Lipinski definition) is 3. The minimum absolute atomic E-state index is 0.0539. The lowest BCUT2D eigenvalue weighted by Crippen LogP contribution is -2.35. The van der Waals surface area contributed by atoms with Gasteiger partial charge >= 0.3 is 0 Å². The van der Waals surface area contributed by atoms with Crippen molar-refractivity contribution in [3.05, 3.63) is 22.4 Å². The van der Waals surface area contributed by atoms with Gasteiger partial charge in [-0.3, -0.25) is 0 Å². The summed E-state index contributed by atoms with van der Waals surface area (Å²) in [6, 6.07) is 2.14. The van der Waals surface area contributed by atoms with Crippen molar-refractivity contribution in [3.8, 4) is 0 Å². The topological polar surface area (TPSA) is 38.0 Å². The van der Waals surface area contributed by atoms with Crippen LogP contribution < -0.4 is 11.1 Å². The summed E-state index contributed by atoms with van der Waals surface area (Å²) in [6.45, 7) is 6.05. The van der Waals surface area contributed by atoms with Crippen molar-refractivity contribution in [2.45, 2.75) is 32.4 Å². The second-order valence-electron chi connectivity index (χ2n) is 4.05. The minimum atomic E-state index is -0.0539. The van der Waals surface area contributed by atoms with E-state index in [-0.39, 0.29) is 5.54 Å². The number of rotatable bonds is 5. The van der Waals surface area contributed by atoms with Crippen LogP contribution in [0.15, 0.2) is 16.8 Å². The van der Waals surface area contributed by atoms with E-state index in [1.165, 1.54) is 5.56 Å². The Morgan fingerprint density at radius 1 is 1.54 bits per heavy atom. The third-order valence-electron chi connectivity index (χ3n) is 1.86. The lowest BCUT2D eigenvalue weighted by Gasteiger charge is -2.18. The number of hydrogen-bond donors (Lipinski definition) is 2. The van der Waals surface area contributed by atoms with Crippen LogP contribution in [-0.4, -0.2) is 12.1 Å². The Labute approximate surface area is 84.2 Å². The molecular formula is C10H18N2S. The first kappa shape index (κ1) is 10.7. The third kappa shape index (κ3) is 5.03. The Morgan fingerprint density at radius 2 is 2.31 bits per heavy atom. The maximum atomic E-state index is 5.86. The van der Waals surface area contributed by atoms with Crippen LogP contribution >= 0.6 is 11.3 Å². The van der Waals surface area contributed by atoms with Gasteiger partial charge in [0.1, 0.15) is 0 Å². The predicted octanol–water partition coefficient (Wildman–Crippen LogP) is 1.97. The molecule has 2 nitrogen and oxygen atoms in total. The average Bonchev–Trinajstić information content (AvgIpc) is 2.48. The molecular weight excluding hydrogens is 180 g/mol. The van der Waals surface area contributed by atoms with E-state index in [2.05, 4.69) is 36.0 Å². The van der Waals surface area contributed by atoms with Crippen LogP contribution in [0.4, 0.5) is 0 Å². The molecule has 0 amide bonds. The summed E-state index contributed by atoms with van der Waals surface area (Å²) in [5.74, 6) is 0. The molecule has 0 atom stereocenters. The molecule has 74 valence electrons. The zero-order valence-corrected chi connectivity index (χ0v) is 9.16. The van der Waals surface area contributed by atoms with Crippen LogP contribution in [0.1, 0.15) is 25.8 Å². The fourth-order valence-electron chi connectivity index (χ4n) is 1.04. The molecule has 1 heterocycles. The highest BCUT2D eigenvalue weighted by molar-refractivity contribution is 7.07. The van der Waals surface area contributed by atoms with Crippen LogP contribution in [0.3, 0.4) is 0 Å². The summed E-state index contributed by atoms with van der Waals surface area (Å²) >= 11 is 1.74. The molecule has 1 aromatic rings. The molecule has 0 aliphatic carbocycles. The van der Waals surface area contributed by atoms with E-state index in [9.17, 15) is 0 Å². The van der Waals surface area contributed by atoms with Crippen molar-refractivity contribution in [2.24, 2.45) is 5.73 Å². The quantitative estimate of drug-likeness (QED) is 0.710. The van der Waals surface area contributed by atoms with E-state index < -0.39 is 0 Å². The Hall–Kier alpha value is -0.380. The molecule has 3 heteroatoms. The second kappa shape index (κ2) is 4.74. The van der Waals surface area contributed by atoms with Gasteiger partial charge in [0.25, 0.3) is 0 Å². The molecule has 1 aromatic heterocycles. The van der Waals surface area contributed by atoms with Crippen molar-refractivity contribution >= 4 is 11.3 Å². The SMILES string of the molecule is CC(C)(N)CCNCc1ccsc1. The average molecular weight is 198 g/mol. The molecule has 0 saturated heterocycles. The van der Waals surface area contributed by atoms with E-state index in [1.54, 1.807) is 11.3 Å². The molecule has 0 aliphatic heterocycles. The summed E-state index contributed by atoms with van der Waals surface area (Å²) in [5, 5.41) is 7.64. The van der Waals surface area contributed by atoms with Gasteiger partial charge in [-0.25, -0.2) is 0 Å². The van der Waals surface area contributed by atoms with Crippen LogP contribution in [0.25, 0.3) is 0 Å². The van der Waals surface area contributed by atoms with Gasteiger partial charge in [0.2, 0.25) is 0 Å². The molecule has 0 aromatic carbocycles. The van der Waals surface area contributed by atoms with Gasteiger partial charge in [-0.1, -0.05) is 0 Å². The highest BCUT2D eigenvalue weighted by Gasteiger charge is 2.08. The molecule has 0 saturated carbocycles. The first-order chi connectivity index (χ1) is 6.08. The Morgan fingerprint density at radius 3 is 2.85 bits per heavy atom. The normalized spacial score (nSPS) is 11.9. The zero-order valence-electron chi connectivity index (χ0n) is 8.34. The van der Waals surface area contributed by atoms with Gasteiger partial charge in [0, 0.05) is 12.1 Å². The molecule has 0 radical (unpaired) electrons. The number of nitrogens with one attached hydrogen (secondary N) is 1. The largest absolute Gasteiger partial charge is 0.326 e. The maximum Gasteiger partial charge on any atom is 0.0213 e. The van der Waals surface area contributed by atoms with E-state index >= 15 is 0 Å². The predicted molar refractivity (Wildman–Crippen MR) is 58.9 cm³/mol. The lowest BCUT2D eigenvalue weighted by atomic mass is 10.0. The van der Waals surface area contributed by atoms with Gasteiger partial charge in [-0.05, 0) is 49.2 Å². The molecule has 0 aliphatic rings. The summed E-state index contributed by atoms with van der Waals surface area (Å²) in [6.07, 6.45) is 1.01. The molecule has 3 N–H and O–H groups in total. The van der Waals surface area contributed by atoms with Gasteiger partial charge in [0.05, 0.1) is 0 Å². The summed E-state index contributed by atoms with van der Waals surface area (Å²) in [4.78, 5) is 0. The smallest absolute Gasteiger partial charge is 0.0213 e. The molecule has 0 bridgehead atoms. The summed E-state index contributed by atoms with van der Waals surface area (Å²) in [7, 11) is 0. The molecule has 0 unspecified atom stereocenters. The Bertz CT molecular complexity index is 224. The summed E-state index contributed by atoms with van der Waals surface area (Å²) < 4.78 is 0. The highest BCUT2D eigenvalue weighted by Crippen LogP contribution is 2.06. The minimum Gasteiger partial charge on any atom is -0.326 e. The highest BCUT2D eigenvalue weighted by atomic mass is 32.1. The molecule has 1 rings (SSSR count). The number of nitrogens with two attached hydrogens (primary N) is 1. The van der Waals surface area contributed by atoms with Crippen molar-refractivity contribution in [1.29, 1.82) is 0 Å². The van der Waals surface area contributed by atoms with Crippen molar-refractivity contribution in [3.63, 3.8) is 0 Å². The van der Waals surface area contributed by atoms with E-state index in [1.807, 2.05) is 0 Å².